The lowest BCUT2D eigenvalue weighted by atomic mass is 10.0. The van der Waals surface area contributed by atoms with E-state index in [0.29, 0.717) is 16.8 Å². The van der Waals surface area contributed by atoms with E-state index in [4.69, 9.17) is 0 Å². The zero-order valence-electron chi connectivity index (χ0n) is 10.0. The van der Waals surface area contributed by atoms with Crippen molar-refractivity contribution in [1.29, 1.82) is 0 Å². The van der Waals surface area contributed by atoms with Crippen LogP contribution in [0.4, 0.5) is 17.6 Å². The molecule has 0 aliphatic carbocycles. The van der Waals surface area contributed by atoms with Gasteiger partial charge in [0, 0.05) is 4.83 Å². The summed E-state index contributed by atoms with van der Waals surface area (Å²) in [6.45, 7) is 2.05. The van der Waals surface area contributed by atoms with Gasteiger partial charge in [-0.25, -0.2) is 4.39 Å². The molecule has 1 atom stereocenters. The van der Waals surface area contributed by atoms with E-state index in [1.165, 1.54) is 6.07 Å². The minimum atomic E-state index is -4.63. The zero-order chi connectivity index (χ0) is 13.8. The largest absolute Gasteiger partial charge is 0.419 e. The summed E-state index contributed by atoms with van der Waals surface area (Å²) in [7, 11) is 0. The second-order valence-electron chi connectivity index (χ2n) is 4.24. The first-order valence-electron chi connectivity index (χ1n) is 5.84. The molecule has 0 aromatic heterocycles. The van der Waals surface area contributed by atoms with Crippen molar-refractivity contribution < 1.29 is 17.6 Å². The molecule has 0 aliphatic rings. The second kappa shape index (κ2) is 6.55. The van der Waals surface area contributed by atoms with E-state index < -0.39 is 17.6 Å². The lowest BCUT2D eigenvalue weighted by Gasteiger charge is -2.11. The van der Waals surface area contributed by atoms with Crippen LogP contribution in [-0.4, -0.2) is 4.83 Å². The fraction of sp³-hybridized carbons (Fsp3) is 0.538. The summed E-state index contributed by atoms with van der Waals surface area (Å²) in [5.41, 5.74) is -0.661. The van der Waals surface area contributed by atoms with Crippen LogP contribution < -0.4 is 0 Å². The highest BCUT2D eigenvalue weighted by molar-refractivity contribution is 9.09. The molecule has 1 aromatic rings. The molecule has 0 nitrogen and oxygen atoms in total. The Morgan fingerprint density at radius 3 is 2.44 bits per heavy atom. The number of benzene rings is 1. The van der Waals surface area contributed by atoms with Crippen molar-refractivity contribution in [3.63, 3.8) is 0 Å². The molecule has 0 saturated carbocycles. The van der Waals surface area contributed by atoms with Crippen LogP contribution in [0.2, 0.25) is 0 Å². The Morgan fingerprint density at radius 1 is 1.22 bits per heavy atom. The van der Waals surface area contributed by atoms with Crippen LogP contribution >= 0.6 is 15.9 Å². The summed E-state index contributed by atoms with van der Waals surface area (Å²) in [5.74, 6) is -1.21. The maximum atomic E-state index is 13.1. The molecule has 0 spiro atoms. The highest BCUT2D eigenvalue weighted by Gasteiger charge is 2.34. The molecule has 0 bridgehead atoms. The first-order valence-corrected chi connectivity index (χ1v) is 6.76. The maximum absolute atomic E-state index is 13.1. The standard InChI is InChI=1S/C13H15BrF4/c1-2-3-10(14)6-4-9-5-7-12(15)11(8-9)13(16,17)18/h5,7-8,10H,2-4,6H2,1H3. The summed E-state index contributed by atoms with van der Waals surface area (Å²) >= 11 is 3.47. The molecular formula is C13H15BrF4. The third-order valence-electron chi connectivity index (χ3n) is 2.68. The van der Waals surface area contributed by atoms with E-state index in [2.05, 4.69) is 15.9 Å². The van der Waals surface area contributed by atoms with Gasteiger partial charge in [0.05, 0.1) is 5.56 Å². The number of alkyl halides is 4. The predicted octanol–water partition coefficient (Wildman–Crippen LogP) is 5.34. The molecule has 1 aromatic carbocycles. The van der Waals surface area contributed by atoms with Gasteiger partial charge in [-0.3, -0.25) is 0 Å². The fourth-order valence-electron chi connectivity index (χ4n) is 1.73. The molecule has 0 radical (unpaired) electrons. The molecule has 1 unspecified atom stereocenters. The first-order chi connectivity index (χ1) is 8.34. The molecule has 0 aliphatic heterocycles. The van der Waals surface area contributed by atoms with Gasteiger partial charge >= 0.3 is 6.18 Å². The average Bonchev–Trinajstić information content (AvgIpc) is 2.27. The van der Waals surface area contributed by atoms with Gasteiger partial charge in [0.2, 0.25) is 0 Å². The Balaban J connectivity index is 2.74. The minimum Gasteiger partial charge on any atom is -0.206 e. The van der Waals surface area contributed by atoms with Crippen LogP contribution in [-0.2, 0) is 12.6 Å². The highest BCUT2D eigenvalue weighted by Crippen LogP contribution is 2.32. The van der Waals surface area contributed by atoms with E-state index in [1.54, 1.807) is 0 Å². The summed E-state index contributed by atoms with van der Waals surface area (Å²) < 4.78 is 50.6. The molecule has 0 fully saturated rings. The highest BCUT2D eigenvalue weighted by atomic mass is 79.9. The molecule has 0 amide bonds. The molecule has 0 heterocycles. The van der Waals surface area contributed by atoms with Gasteiger partial charge in [-0.1, -0.05) is 35.3 Å². The molecular weight excluding hydrogens is 312 g/mol. The summed E-state index contributed by atoms with van der Waals surface area (Å²) in [6.07, 6.45) is -1.37. The Kier molecular flexibility index (Phi) is 5.63. The normalized spacial score (nSPS) is 13.7. The molecule has 102 valence electrons. The van der Waals surface area contributed by atoms with E-state index in [1.807, 2.05) is 6.92 Å². The Hall–Kier alpha value is -0.580. The van der Waals surface area contributed by atoms with Gasteiger partial charge in [-0.05, 0) is 37.0 Å². The summed E-state index contributed by atoms with van der Waals surface area (Å²) in [6, 6.07) is 3.21. The van der Waals surface area contributed by atoms with E-state index in [0.717, 1.165) is 31.4 Å². The van der Waals surface area contributed by atoms with Gasteiger partial charge in [0.1, 0.15) is 5.82 Å². The smallest absolute Gasteiger partial charge is 0.206 e. The third kappa shape index (κ3) is 4.59. The quantitative estimate of drug-likeness (QED) is 0.506. The number of aryl methyl sites for hydroxylation is 1. The van der Waals surface area contributed by atoms with Gasteiger partial charge in [0.25, 0.3) is 0 Å². The van der Waals surface area contributed by atoms with Crippen molar-refractivity contribution in [3.05, 3.63) is 35.1 Å². The lowest BCUT2D eigenvalue weighted by molar-refractivity contribution is -0.140. The zero-order valence-corrected chi connectivity index (χ0v) is 11.6. The lowest BCUT2D eigenvalue weighted by Crippen LogP contribution is -2.09. The van der Waals surface area contributed by atoms with Gasteiger partial charge in [0.15, 0.2) is 0 Å². The van der Waals surface area contributed by atoms with Crippen molar-refractivity contribution >= 4 is 15.9 Å². The van der Waals surface area contributed by atoms with Crippen molar-refractivity contribution in [1.82, 2.24) is 0 Å². The van der Waals surface area contributed by atoms with Crippen LogP contribution in [0.5, 0.6) is 0 Å². The van der Waals surface area contributed by atoms with Crippen LogP contribution in [0.3, 0.4) is 0 Å². The molecule has 5 heteroatoms. The SMILES string of the molecule is CCCC(Br)CCc1ccc(F)c(C(F)(F)F)c1. The monoisotopic (exact) mass is 326 g/mol. The molecule has 0 N–H and O–H groups in total. The molecule has 1 rings (SSSR count). The van der Waals surface area contributed by atoms with Crippen LogP contribution in [0.25, 0.3) is 0 Å². The van der Waals surface area contributed by atoms with Crippen LogP contribution in [0.15, 0.2) is 18.2 Å². The average molecular weight is 327 g/mol. The number of hydrogen-bond donors (Lipinski definition) is 0. The maximum Gasteiger partial charge on any atom is 0.419 e. The Bertz CT molecular complexity index is 387. The van der Waals surface area contributed by atoms with E-state index >= 15 is 0 Å². The molecule has 18 heavy (non-hydrogen) atoms. The van der Waals surface area contributed by atoms with E-state index in [-0.39, 0.29) is 0 Å². The van der Waals surface area contributed by atoms with Crippen molar-refractivity contribution in [2.75, 3.05) is 0 Å². The number of hydrogen-bond acceptors (Lipinski definition) is 0. The predicted molar refractivity (Wildman–Crippen MR) is 67.3 cm³/mol. The Morgan fingerprint density at radius 2 is 1.89 bits per heavy atom. The third-order valence-corrected chi connectivity index (χ3v) is 3.60. The van der Waals surface area contributed by atoms with E-state index in [9.17, 15) is 17.6 Å². The fourth-order valence-corrected chi connectivity index (χ4v) is 2.41. The second-order valence-corrected chi connectivity index (χ2v) is 5.53. The topological polar surface area (TPSA) is 0 Å². The minimum absolute atomic E-state index is 0.293. The Labute approximate surface area is 113 Å². The summed E-state index contributed by atoms with van der Waals surface area (Å²) in [5, 5.41) is 0. The number of halogens is 5. The van der Waals surface area contributed by atoms with Gasteiger partial charge in [-0.15, -0.1) is 0 Å². The number of rotatable bonds is 5. The molecule has 0 saturated heterocycles. The van der Waals surface area contributed by atoms with Crippen LogP contribution in [0, 0.1) is 5.82 Å². The summed E-state index contributed by atoms with van der Waals surface area (Å²) in [4.78, 5) is 0.293. The first kappa shape index (κ1) is 15.5. The van der Waals surface area contributed by atoms with Gasteiger partial charge < -0.3 is 0 Å². The van der Waals surface area contributed by atoms with Crippen molar-refractivity contribution in [2.45, 2.75) is 43.6 Å². The van der Waals surface area contributed by atoms with Crippen LogP contribution in [0.1, 0.15) is 37.3 Å². The van der Waals surface area contributed by atoms with Crippen molar-refractivity contribution in [3.8, 4) is 0 Å². The van der Waals surface area contributed by atoms with Crippen molar-refractivity contribution in [2.24, 2.45) is 0 Å². The van der Waals surface area contributed by atoms with Gasteiger partial charge in [-0.2, -0.15) is 13.2 Å².